The third-order valence-electron chi connectivity index (χ3n) is 3.70. The Balaban J connectivity index is 2.51. The quantitative estimate of drug-likeness (QED) is 0.930. The second-order valence-electron chi connectivity index (χ2n) is 5.27. The van der Waals surface area contributed by atoms with E-state index in [1.807, 2.05) is 0 Å². The molecule has 0 bridgehead atoms. The van der Waals surface area contributed by atoms with Gasteiger partial charge in [-0.2, -0.15) is 0 Å². The van der Waals surface area contributed by atoms with Gasteiger partial charge in [-0.15, -0.1) is 0 Å². The SMILES string of the molecule is CC(C)S(=O)(=O)c1ccccc1C1CCCN1C(=O)O. The van der Waals surface area contributed by atoms with Crippen LogP contribution in [-0.4, -0.2) is 36.3 Å². The van der Waals surface area contributed by atoms with Crippen molar-refractivity contribution in [3.63, 3.8) is 0 Å². The van der Waals surface area contributed by atoms with Crippen LogP contribution in [-0.2, 0) is 9.84 Å². The van der Waals surface area contributed by atoms with E-state index in [9.17, 15) is 18.3 Å². The highest BCUT2D eigenvalue weighted by Crippen LogP contribution is 2.36. The first-order valence-corrected chi connectivity index (χ1v) is 8.22. The fraction of sp³-hybridized carbons (Fsp3) is 0.500. The van der Waals surface area contributed by atoms with Crippen LogP contribution in [0.25, 0.3) is 0 Å². The highest BCUT2D eigenvalue weighted by Gasteiger charge is 2.34. The van der Waals surface area contributed by atoms with Gasteiger partial charge in [-0.1, -0.05) is 18.2 Å². The molecule has 1 aliphatic heterocycles. The van der Waals surface area contributed by atoms with Crippen LogP contribution in [0, 0.1) is 0 Å². The van der Waals surface area contributed by atoms with Gasteiger partial charge in [-0.25, -0.2) is 13.2 Å². The Morgan fingerprint density at radius 2 is 2.00 bits per heavy atom. The second-order valence-corrected chi connectivity index (χ2v) is 7.74. The normalized spacial score (nSPS) is 19.6. The minimum Gasteiger partial charge on any atom is -0.465 e. The standard InChI is InChI=1S/C14H19NO4S/c1-10(2)20(18,19)13-8-4-3-6-11(13)12-7-5-9-15(12)14(16)17/h3-4,6,8,10,12H,5,7,9H2,1-2H3,(H,16,17). The maximum atomic E-state index is 12.4. The minimum absolute atomic E-state index is 0.258. The van der Waals surface area contributed by atoms with Crippen molar-refractivity contribution >= 4 is 15.9 Å². The van der Waals surface area contributed by atoms with Gasteiger partial charge in [0.25, 0.3) is 0 Å². The summed E-state index contributed by atoms with van der Waals surface area (Å²) in [5.41, 5.74) is 0.598. The number of hydrogen-bond acceptors (Lipinski definition) is 3. The van der Waals surface area contributed by atoms with Gasteiger partial charge in [-0.05, 0) is 38.3 Å². The summed E-state index contributed by atoms with van der Waals surface area (Å²) in [7, 11) is -3.41. The summed E-state index contributed by atoms with van der Waals surface area (Å²) in [5.74, 6) is 0. The molecule has 0 aliphatic carbocycles. The fourth-order valence-electron chi connectivity index (χ4n) is 2.59. The number of amides is 1. The van der Waals surface area contributed by atoms with Crippen molar-refractivity contribution in [3.8, 4) is 0 Å². The number of carbonyl (C=O) groups is 1. The maximum absolute atomic E-state index is 12.4. The van der Waals surface area contributed by atoms with Crippen molar-refractivity contribution < 1.29 is 18.3 Å². The van der Waals surface area contributed by atoms with E-state index in [1.54, 1.807) is 38.1 Å². The Hall–Kier alpha value is -1.56. The monoisotopic (exact) mass is 297 g/mol. The van der Waals surface area contributed by atoms with Gasteiger partial charge in [0, 0.05) is 6.54 Å². The molecule has 5 nitrogen and oxygen atoms in total. The second kappa shape index (κ2) is 5.44. The molecule has 1 atom stereocenters. The minimum atomic E-state index is -3.41. The molecule has 20 heavy (non-hydrogen) atoms. The fourth-order valence-corrected chi connectivity index (χ4v) is 3.90. The first-order valence-electron chi connectivity index (χ1n) is 6.68. The van der Waals surface area contributed by atoms with E-state index in [-0.39, 0.29) is 10.9 Å². The van der Waals surface area contributed by atoms with Gasteiger partial charge < -0.3 is 10.0 Å². The van der Waals surface area contributed by atoms with Gasteiger partial charge in [0.15, 0.2) is 9.84 Å². The molecule has 0 radical (unpaired) electrons. The highest BCUT2D eigenvalue weighted by atomic mass is 32.2. The van der Waals surface area contributed by atoms with Crippen LogP contribution >= 0.6 is 0 Å². The molecular formula is C14H19NO4S. The lowest BCUT2D eigenvalue weighted by Crippen LogP contribution is -2.30. The van der Waals surface area contributed by atoms with E-state index in [1.165, 1.54) is 4.90 Å². The third-order valence-corrected chi connectivity index (χ3v) is 5.93. The topological polar surface area (TPSA) is 74.7 Å². The Kier molecular flexibility index (Phi) is 4.04. The summed E-state index contributed by atoms with van der Waals surface area (Å²) in [6.45, 7) is 3.72. The zero-order valence-electron chi connectivity index (χ0n) is 11.6. The number of carboxylic acid groups (broad SMARTS) is 1. The van der Waals surface area contributed by atoms with Crippen LogP contribution in [0.1, 0.15) is 38.3 Å². The molecule has 1 aromatic carbocycles. The predicted molar refractivity (Wildman–Crippen MR) is 75.5 cm³/mol. The summed E-state index contributed by atoms with van der Waals surface area (Å²) in [6, 6.07) is 6.37. The largest absolute Gasteiger partial charge is 0.465 e. The van der Waals surface area contributed by atoms with Crippen LogP contribution in [0.15, 0.2) is 29.2 Å². The Labute approximate surface area is 119 Å². The van der Waals surface area contributed by atoms with Crippen LogP contribution in [0.4, 0.5) is 4.79 Å². The first-order chi connectivity index (χ1) is 9.35. The number of benzene rings is 1. The molecular weight excluding hydrogens is 278 g/mol. The Bertz CT molecular complexity index is 609. The van der Waals surface area contributed by atoms with Gasteiger partial charge in [0.1, 0.15) is 0 Å². The lowest BCUT2D eigenvalue weighted by Gasteiger charge is -2.24. The van der Waals surface area contributed by atoms with E-state index in [0.29, 0.717) is 18.5 Å². The Morgan fingerprint density at radius 1 is 1.35 bits per heavy atom. The van der Waals surface area contributed by atoms with Crippen molar-refractivity contribution in [2.75, 3.05) is 6.54 Å². The number of sulfone groups is 1. The molecule has 0 aromatic heterocycles. The summed E-state index contributed by atoms with van der Waals surface area (Å²) in [4.78, 5) is 12.8. The number of likely N-dealkylation sites (tertiary alicyclic amines) is 1. The highest BCUT2D eigenvalue weighted by molar-refractivity contribution is 7.92. The third kappa shape index (κ3) is 2.52. The number of nitrogens with zero attached hydrogens (tertiary/aromatic N) is 1. The molecule has 1 N–H and O–H groups in total. The van der Waals surface area contributed by atoms with Crippen LogP contribution < -0.4 is 0 Å². The average molecular weight is 297 g/mol. The van der Waals surface area contributed by atoms with E-state index in [0.717, 1.165) is 6.42 Å². The van der Waals surface area contributed by atoms with Crippen molar-refractivity contribution in [2.45, 2.75) is 42.9 Å². The number of hydrogen-bond donors (Lipinski definition) is 1. The van der Waals surface area contributed by atoms with Crippen LogP contribution in [0.2, 0.25) is 0 Å². The van der Waals surface area contributed by atoms with Crippen LogP contribution in [0.3, 0.4) is 0 Å². The van der Waals surface area contributed by atoms with Gasteiger partial charge in [0.2, 0.25) is 0 Å². The van der Waals surface area contributed by atoms with Gasteiger partial charge in [0.05, 0.1) is 16.2 Å². The van der Waals surface area contributed by atoms with Gasteiger partial charge >= 0.3 is 6.09 Å². The average Bonchev–Trinajstić information content (AvgIpc) is 2.87. The predicted octanol–water partition coefficient (Wildman–Crippen LogP) is 2.68. The summed E-state index contributed by atoms with van der Waals surface area (Å²) >= 11 is 0. The zero-order chi connectivity index (χ0) is 14.9. The van der Waals surface area contributed by atoms with Crippen molar-refractivity contribution in [1.82, 2.24) is 4.90 Å². The van der Waals surface area contributed by atoms with Crippen molar-refractivity contribution in [2.24, 2.45) is 0 Å². The lowest BCUT2D eigenvalue weighted by atomic mass is 10.0. The summed E-state index contributed by atoms with van der Waals surface area (Å²) in [6.07, 6.45) is 0.425. The molecule has 2 rings (SSSR count). The van der Waals surface area contributed by atoms with E-state index in [2.05, 4.69) is 0 Å². The maximum Gasteiger partial charge on any atom is 0.407 e. The molecule has 1 aromatic rings. The van der Waals surface area contributed by atoms with Gasteiger partial charge in [-0.3, -0.25) is 0 Å². The molecule has 1 amide bonds. The van der Waals surface area contributed by atoms with E-state index >= 15 is 0 Å². The molecule has 1 heterocycles. The van der Waals surface area contributed by atoms with Crippen molar-refractivity contribution in [1.29, 1.82) is 0 Å². The molecule has 110 valence electrons. The lowest BCUT2D eigenvalue weighted by molar-refractivity contribution is 0.140. The smallest absolute Gasteiger partial charge is 0.407 e. The molecule has 1 aliphatic rings. The Morgan fingerprint density at radius 3 is 2.60 bits per heavy atom. The van der Waals surface area contributed by atoms with Crippen LogP contribution in [0.5, 0.6) is 0 Å². The molecule has 1 saturated heterocycles. The zero-order valence-corrected chi connectivity index (χ0v) is 12.4. The molecule has 0 spiro atoms. The number of rotatable bonds is 3. The first kappa shape index (κ1) is 14.8. The molecule has 1 unspecified atom stereocenters. The summed E-state index contributed by atoms with van der Waals surface area (Å²) in [5, 5.41) is 8.70. The van der Waals surface area contributed by atoms with E-state index < -0.39 is 21.2 Å². The van der Waals surface area contributed by atoms with E-state index in [4.69, 9.17) is 0 Å². The molecule has 1 fully saturated rings. The molecule has 0 saturated carbocycles. The van der Waals surface area contributed by atoms with Crippen molar-refractivity contribution in [3.05, 3.63) is 29.8 Å². The summed E-state index contributed by atoms with van der Waals surface area (Å²) < 4.78 is 24.8. The molecule has 6 heteroatoms.